The number of fused-ring (bicyclic) bond motifs is 1. The minimum atomic E-state index is 0.833. The molecule has 0 radical (unpaired) electrons. The fourth-order valence-corrected chi connectivity index (χ4v) is 4.50. The van der Waals surface area contributed by atoms with Gasteiger partial charge in [0.1, 0.15) is 10.8 Å². The first-order valence-electron chi connectivity index (χ1n) is 9.12. The van der Waals surface area contributed by atoms with Gasteiger partial charge < -0.3 is 15.1 Å². The Bertz CT molecular complexity index is 942. The monoisotopic (exact) mass is 376 g/mol. The average molecular weight is 376 g/mol. The normalized spacial score (nSPS) is 16.4. The molecule has 1 N–H and O–H groups in total. The minimum Gasteiger partial charge on any atom is -0.369 e. The van der Waals surface area contributed by atoms with Gasteiger partial charge in [-0.05, 0) is 30.3 Å². The number of anilines is 3. The Kier molecular flexibility index (Phi) is 4.39. The molecule has 136 valence electrons. The van der Waals surface area contributed by atoms with Crippen molar-refractivity contribution in [2.75, 3.05) is 41.9 Å². The van der Waals surface area contributed by atoms with E-state index in [4.69, 9.17) is 4.98 Å². The summed E-state index contributed by atoms with van der Waals surface area (Å²) in [6, 6.07) is 12.5. The molecular weight excluding hydrogens is 356 g/mol. The number of hydrogen-bond donors (Lipinski definition) is 1. The topological polar surface area (TPSA) is 57.2 Å². The number of aromatic nitrogens is 3. The Labute approximate surface area is 162 Å². The van der Waals surface area contributed by atoms with Crippen molar-refractivity contribution in [3.05, 3.63) is 55.0 Å². The summed E-state index contributed by atoms with van der Waals surface area (Å²) < 4.78 is 0. The van der Waals surface area contributed by atoms with Crippen molar-refractivity contribution < 1.29 is 0 Å². The average Bonchev–Trinajstić information content (AvgIpc) is 3.18. The van der Waals surface area contributed by atoms with Crippen molar-refractivity contribution in [2.45, 2.75) is 5.03 Å². The van der Waals surface area contributed by atoms with Crippen LogP contribution in [0, 0.1) is 0 Å². The Morgan fingerprint density at radius 1 is 0.963 bits per heavy atom. The molecule has 2 aliphatic heterocycles. The molecule has 5 rings (SSSR count). The van der Waals surface area contributed by atoms with Gasteiger partial charge in [0.25, 0.3) is 0 Å². The quantitative estimate of drug-likeness (QED) is 0.753. The number of piperazine rings is 1. The van der Waals surface area contributed by atoms with Crippen LogP contribution in [0.4, 0.5) is 17.2 Å². The first-order chi connectivity index (χ1) is 13.4. The second kappa shape index (κ2) is 7.17. The second-order valence-electron chi connectivity index (χ2n) is 6.57. The number of pyridine rings is 3. The van der Waals surface area contributed by atoms with Crippen molar-refractivity contribution in [1.29, 1.82) is 0 Å². The summed E-state index contributed by atoms with van der Waals surface area (Å²) in [5.74, 6) is 1.82. The van der Waals surface area contributed by atoms with E-state index in [1.54, 1.807) is 24.2 Å². The summed E-state index contributed by atoms with van der Waals surface area (Å²) in [7, 11) is 0. The molecule has 0 bridgehead atoms. The molecule has 0 aromatic carbocycles. The highest BCUT2D eigenvalue weighted by Crippen LogP contribution is 2.42. The first-order valence-corrected chi connectivity index (χ1v) is 10.1. The number of nitrogens with zero attached hydrogens (tertiary/aromatic N) is 5. The standard InChI is InChI=1S/C20H20N6S/c1-2-18-20(24-17(1)15-3-6-21-7-4-15)27-14-26(18)19-13-16(5-8-23-19)25-11-9-22-10-12-25/h1-8,13,22H,9-12,14H2. The Morgan fingerprint density at radius 3 is 2.67 bits per heavy atom. The van der Waals surface area contributed by atoms with Crippen LogP contribution in [0.5, 0.6) is 0 Å². The highest BCUT2D eigenvalue weighted by atomic mass is 32.2. The van der Waals surface area contributed by atoms with Crippen LogP contribution in [0.2, 0.25) is 0 Å². The van der Waals surface area contributed by atoms with Crippen LogP contribution in [0.15, 0.2) is 60.0 Å². The molecule has 0 aliphatic carbocycles. The van der Waals surface area contributed by atoms with Crippen LogP contribution in [-0.2, 0) is 0 Å². The molecule has 0 unspecified atom stereocenters. The van der Waals surface area contributed by atoms with Crippen LogP contribution < -0.4 is 15.1 Å². The third kappa shape index (κ3) is 3.24. The maximum absolute atomic E-state index is 4.86. The van der Waals surface area contributed by atoms with Crippen LogP contribution in [0.3, 0.4) is 0 Å². The van der Waals surface area contributed by atoms with Crippen LogP contribution in [0.25, 0.3) is 11.3 Å². The molecule has 2 aliphatic rings. The minimum absolute atomic E-state index is 0.833. The first kappa shape index (κ1) is 16.5. The predicted octanol–water partition coefficient (Wildman–Crippen LogP) is 3.15. The van der Waals surface area contributed by atoms with E-state index in [0.29, 0.717) is 0 Å². The molecule has 7 heteroatoms. The number of rotatable bonds is 3. The fraction of sp³-hybridized carbons (Fsp3) is 0.250. The van der Waals surface area contributed by atoms with E-state index in [0.717, 1.165) is 59.8 Å². The molecule has 0 spiro atoms. The zero-order valence-corrected chi connectivity index (χ0v) is 15.7. The molecule has 6 nitrogen and oxygen atoms in total. The van der Waals surface area contributed by atoms with Gasteiger partial charge in [-0.1, -0.05) is 11.8 Å². The Balaban J connectivity index is 1.44. The summed E-state index contributed by atoms with van der Waals surface area (Å²) in [5.41, 5.74) is 4.43. The lowest BCUT2D eigenvalue weighted by molar-refractivity contribution is 0.589. The molecule has 1 saturated heterocycles. The summed E-state index contributed by atoms with van der Waals surface area (Å²) >= 11 is 1.76. The van der Waals surface area contributed by atoms with Gasteiger partial charge in [-0.2, -0.15) is 0 Å². The number of thioether (sulfide) groups is 1. The highest BCUT2D eigenvalue weighted by Gasteiger charge is 2.24. The molecule has 1 fully saturated rings. The molecule has 3 aromatic heterocycles. The smallest absolute Gasteiger partial charge is 0.135 e. The van der Waals surface area contributed by atoms with Gasteiger partial charge in [-0.3, -0.25) is 4.98 Å². The van der Waals surface area contributed by atoms with Crippen molar-refractivity contribution in [2.24, 2.45) is 0 Å². The van der Waals surface area contributed by atoms with Crippen LogP contribution in [0.1, 0.15) is 0 Å². The van der Waals surface area contributed by atoms with Crippen molar-refractivity contribution in [3.8, 4) is 11.3 Å². The summed E-state index contributed by atoms with van der Waals surface area (Å²) in [4.78, 5) is 18.2. The lowest BCUT2D eigenvalue weighted by Gasteiger charge is -2.30. The highest BCUT2D eigenvalue weighted by molar-refractivity contribution is 7.99. The van der Waals surface area contributed by atoms with E-state index in [1.165, 1.54) is 5.69 Å². The molecule has 0 amide bonds. The molecular formula is C20H20N6S. The van der Waals surface area contributed by atoms with E-state index in [9.17, 15) is 0 Å². The maximum Gasteiger partial charge on any atom is 0.135 e. The zero-order chi connectivity index (χ0) is 18.1. The van der Waals surface area contributed by atoms with Crippen molar-refractivity contribution >= 4 is 29.0 Å². The largest absolute Gasteiger partial charge is 0.369 e. The van der Waals surface area contributed by atoms with Crippen LogP contribution >= 0.6 is 11.8 Å². The number of nitrogens with one attached hydrogen (secondary N) is 1. The molecule has 5 heterocycles. The van der Waals surface area contributed by atoms with E-state index < -0.39 is 0 Å². The third-order valence-electron chi connectivity index (χ3n) is 4.93. The van der Waals surface area contributed by atoms with Crippen LogP contribution in [-0.4, -0.2) is 47.0 Å². The van der Waals surface area contributed by atoms with E-state index in [-0.39, 0.29) is 0 Å². The van der Waals surface area contributed by atoms with Gasteiger partial charge in [0.15, 0.2) is 0 Å². The van der Waals surface area contributed by atoms with E-state index in [1.807, 2.05) is 18.3 Å². The fourth-order valence-electron chi connectivity index (χ4n) is 3.49. The lowest BCUT2D eigenvalue weighted by Crippen LogP contribution is -2.43. The maximum atomic E-state index is 4.86. The third-order valence-corrected chi connectivity index (χ3v) is 5.89. The summed E-state index contributed by atoms with van der Waals surface area (Å²) in [6.45, 7) is 4.13. The van der Waals surface area contributed by atoms with E-state index in [2.05, 4.69) is 49.4 Å². The van der Waals surface area contributed by atoms with Gasteiger partial charge >= 0.3 is 0 Å². The second-order valence-corrected chi connectivity index (χ2v) is 7.50. The van der Waals surface area contributed by atoms with E-state index >= 15 is 0 Å². The summed E-state index contributed by atoms with van der Waals surface area (Å²) in [6.07, 6.45) is 5.51. The Morgan fingerprint density at radius 2 is 1.81 bits per heavy atom. The van der Waals surface area contributed by atoms with Gasteiger partial charge in [-0.25, -0.2) is 9.97 Å². The molecule has 0 atom stereocenters. The van der Waals surface area contributed by atoms with Crippen molar-refractivity contribution in [3.63, 3.8) is 0 Å². The summed E-state index contributed by atoms with van der Waals surface area (Å²) in [5, 5.41) is 4.46. The van der Waals surface area contributed by atoms with Crippen molar-refractivity contribution in [1.82, 2.24) is 20.3 Å². The Hall–Kier alpha value is -2.64. The predicted molar refractivity (Wildman–Crippen MR) is 110 cm³/mol. The number of hydrogen-bond acceptors (Lipinski definition) is 7. The lowest BCUT2D eigenvalue weighted by atomic mass is 10.2. The van der Waals surface area contributed by atoms with Gasteiger partial charge in [0.2, 0.25) is 0 Å². The molecule has 3 aromatic rings. The SMILES string of the molecule is c1cc(-c2ccc3c(n2)SCN3c2cc(N3CCNCC3)ccn2)ccn1. The molecule has 27 heavy (non-hydrogen) atoms. The van der Waals surface area contributed by atoms with Gasteiger partial charge in [0.05, 0.1) is 17.3 Å². The van der Waals surface area contributed by atoms with Gasteiger partial charge in [-0.15, -0.1) is 0 Å². The molecule has 0 saturated carbocycles. The zero-order valence-electron chi connectivity index (χ0n) is 14.9. The van der Waals surface area contributed by atoms with Gasteiger partial charge in [0, 0.05) is 62.1 Å².